The Labute approximate surface area is 185 Å². The van der Waals surface area contributed by atoms with Gasteiger partial charge in [-0.15, -0.1) is 0 Å². The number of oxazole rings is 1. The van der Waals surface area contributed by atoms with E-state index in [4.69, 9.17) is 20.8 Å². The molecule has 0 spiro atoms. The molecule has 0 saturated carbocycles. The van der Waals surface area contributed by atoms with Gasteiger partial charge in [-0.2, -0.15) is 0 Å². The monoisotopic (exact) mass is 442 g/mol. The summed E-state index contributed by atoms with van der Waals surface area (Å²) in [5.41, 5.74) is 1.34. The lowest BCUT2D eigenvalue weighted by Gasteiger charge is -2.38. The summed E-state index contributed by atoms with van der Waals surface area (Å²) in [7, 11) is 0. The topological polar surface area (TPSA) is 64.4 Å². The number of nitrogens with one attached hydrogen (secondary N) is 1. The highest BCUT2D eigenvalue weighted by atomic mass is 35.5. The van der Waals surface area contributed by atoms with Gasteiger partial charge in [-0.05, 0) is 42.7 Å². The van der Waals surface area contributed by atoms with Crippen molar-refractivity contribution in [3.63, 3.8) is 0 Å². The highest BCUT2D eigenvalue weighted by molar-refractivity contribution is 6.30. The zero-order chi connectivity index (χ0) is 21.7. The van der Waals surface area contributed by atoms with Gasteiger partial charge in [0.05, 0.1) is 11.8 Å². The van der Waals surface area contributed by atoms with Crippen LogP contribution in [0.2, 0.25) is 5.02 Å². The van der Waals surface area contributed by atoms with Crippen LogP contribution in [-0.4, -0.2) is 30.6 Å². The van der Waals surface area contributed by atoms with E-state index in [9.17, 15) is 9.18 Å². The van der Waals surface area contributed by atoms with E-state index in [0.29, 0.717) is 48.4 Å². The van der Waals surface area contributed by atoms with E-state index in [2.05, 4.69) is 10.3 Å². The highest BCUT2D eigenvalue weighted by Gasteiger charge is 2.34. The fourth-order valence-electron chi connectivity index (χ4n) is 3.92. The van der Waals surface area contributed by atoms with E-state index < -0.39 is 0 Å². The summed E-state index contributed by atoms with van der Waals surface area (Å²) in [5, 5.41) is 3.76. The number of amides is 1. The van der Waals surface area contributed by atoms with E-state index in [1.807, 2.05) is 24.3 Å². The molecule has 1 aliphatic rings. The Kier molecular flexibility index (Phi) is 6.68. The highest BCUT2D eigenvalue weighted by Crippen LogP contribution is 2.35. The molecule has 0 aliphatic carbocycles. The average molecular weight is 443 g/mol. The Morgan fingerprint density at radius 3 is 2.61 bits per heavy atom. The molecule has 2 aromatic carbocycles. The first-order valence-electron chi connectivity index (χ1n) is 10.4. The zero-order valence-electron chi connectivity index (χ0n) is 17.1. The van der Waals surface area contributed by atoms with Crippen LogP contribution in [0.3, 0.4) is 0 Å². The maximum absolute atomic E-state index is 13.9. The van der Waals surface area contributed by atoms with E-state index >= 15 is 0 Å². The van der Waals surface area contributed by atoms with E-state index in [-0.39, 0.29) is 23.6 Å². The fourth-order valence-corrected chi connectivity index (χ4v) is 4.05. The van der Waals surface area contributed by atoms with Crippen LogP contribution in [0.25, 0.3) is 11.3 Å². The summed E-state index contributed by atoms with van der Waals surface area (Å²) in [6.45, 7) is 1.85. The molecule has 1 N–H and O–H groups in total. The maximum atomic E-state index is 13.9. The molecular formula is C24H24ClFN2O3. The molecule has 162 valence electrons. The second-order valence-electron chi connectivity index (χ2n) is 7.77. The molecule has 5 nitrogen and oxygen atoms in total. The lowest BCUT2D eigenvalue weighted by atomic mass is 9.74. The molecule has 31 heavy (non-hydrogen) atoms. The van der Waals surface area contributed by atoms with Crippen molar-refractivity contribution in [1.29, 1.82) is 0 Å². The van der Waals surface area contributed by atoms with Crippen LogP contribution in [0.1, 0.15) is 30.7 Å². The van der Waals surface area contributed by atoms with Crippen LogP contribution in [-0.2, 0) is 21.4 Å². The molecule has 0 unspecified atom stereocenters. The number of ether oxygens (including phenoxy) is 1. The van der Waals surface area contributed by atoms with Crippen molar-refractivity contribution >= 4 is 17.5 Å². The lowest BCUT2D eigenvalue weighted by Crippen LogP contribution is -2.44. The van der Waals surface area contributed by atoms with Crippen molar-refractivity contribution in [1.82, 2.24) is 10.3 Å². The summed E-state index contributed by atoms with van der Waals surface area (Å²) >= 11 is 6.04. The standard InChI is InChI=1S/C24H24ClFN2O3/c25-18-7-5-17(6-8-18)24(11-13-30-14-12-24)16-28-22(29)9-10-23-27-15-21(31-23)19-3-1-2-4-20(19)26/h1-8,15H,9-14,16H2,(H,28,29). The first-order chi connectivity index (χ1) is 15.1. The van der Waals surface area contributed by atoms with Crippen LogP contribution >= 0.6 is 11.6 Å². The SMILES string of the molecule is O=C(CCc1ncc(-c2ccccc2F)o1)NCC1(c2ccc(Cl)cc2)CCOCC1. The fraction of sp³-hybridized carbons (Fsp3) is 0.333. The number of halogens is 2. The van der Waals surface area contributed by atoms with Gasteiger partial charge < -0.3 is 14.5 Å². The molecule has 7 heteroatoms. The number of aromatic nitrogens is 1. The molecule has 3 aromatic rings. The molecule has 1 amide bonds. The van der Waals surface area contributed by atoms with Crippen LogP contribution < -0.4 is 5.32 Å². The molecule has 4 rings (SSSR count). The van der Waals surface area contributed by atoms with Crippen molar-refractivity contribution in [3.05, 3.63) is 77.0 Å². The summed E-state index contributed by atoms with van der Waals surface area (Å²) in [5.74, 6) is 0.321. The Hall–Kier alpha value is -2.70. The van der Waals surface area contributed by atoms with Crippen LogP contribution in [0.15, 0.2) is 59.1 Å². The molecule has 0 bridgehead atoms. The number of carbonyl (C=O) groups is 1. The number of carbonyl (C=O) groups excluding carboxylic acids is 1. The first-order valence-corrected chi connectivity index (χ1v) is 10.7. The minimum atomic E-state index is -0.369. The second kappa shape index (κ2) is 9.62. The Balaban J connectivity index is 1.35. The summed E-state index contributed by atoms with van der Waals surface area (Å²) < 4.78 is 25.1. The van der Waals surface area contributed by atoms with Gasteiger partial charge in [0, 0.05) is 43.0 Å². The number of benzene rings is 2. The van der Waals surface area contributed by atoms with Crippen LogP contribution in [0.4, 0.5) is 4.39 Å². The van der Waals surface area contributed by atoms with Crippen molar-refractivity contribution in [2.75, 3.05) is 19.8 Å². The van der Waals surface area contributed by atoms with E-state index in [1.165, 1.54) is 12.3 Å². The summed E-state index contributed by atoms with van der Waals surface area (Å²) in [4.78, 5) is 16.7. The normalized spacial score (nSPS) is 15.5. The predicted molar refractivity (Wildman–Crippen MR) is 116 cm³/mol. The Bertz CT molecular complexity index is 1030. The van der Waals surface area contributed by atoms with Crippen molar-refractivity contribution < 1.29 is 18.3 Å². The number of nitrogens with zero attached hydrogens (tertiary/aromatic N) is 1. The molecule has 0 atom stereocenters. The molecule has 1 aliphatic heterocycles. The van der Waals surface area contributed by atoms with Crippen molar-refractivity contribution in [3.8, 4) is 11.3 Å². The van der Waals surface area contributed by atoms with Gasteiger partial charge in [0.25, 0.3) is 0 Å². The summed E-state index contributed by atoms with van der Waals surface area (Å²) in [6, 6.07) is 14.2. The Morgan fingerprint density at radius 2 is 1.87 bits per heavy atom. The van der Waals surface area contributed by atoms with Crippen LogP contribution in [0, 0.1) is 5.82 Å². The number of hydrogen-bond donors (Lipinski definition) is 1. The summed E-state index contributed by atoms with van der Waals surface area (Å²) in [6.07, 6.45) is 3.74. The van der Waals surface area contributed by atoms with Gasteiger partial charge in [-0.3, -0.25) is 4.79 Å². The maximum Gasteiger partial charge on any atom is 0.220 e. The predicted octanol–water partition coefficient (Wildman–Crippen LogP) is 4.93. The minimum Gasteiger partial charge on any atom is -0.441 e. The van der Waals surface area contributed by atoms with E-state index in [0.717, 1.165) is 18.4 Å². The average Bonchev–Trinajstić information content (AvgIpc) is 3.26. The number of hydrogen-bond acceptors (Lipinski definition) is 4. The third-order valence-corrected chi connectivity index (χ3v) is 6.04. The number of rotatable bonds is 7. The zero-order valence-corrected chi connectivity index (χ0v) is 17.8. The largest absolute Gasteiger partial charge is 0.441 e. The van der Waals surface area contributed by atoms with Crippen molar-refractivity contribution in [2.45, 2.75) is 31.1 Å². The Morgan fingerprint density at radius 1 is 1.13 bits per heavy atom. The van der Waals surface area contributed by atoms with E-state index in [1.54, 1.807) is 18.2 Å². The molecule has 0 radical (unpaired) electrons. The molecule has 1 aromatic heterocycles. The smallest absolute Gasteiger partial charge is 0.220 e. The molecular weight excluding hydrogens is 419 g/mol. The third-order valence-electron chi connectivity index (χ3n) is 5.79. The molecule has 1 fully saturated rings. The lowest BCUT2D eigenvalue weighted by molar-refractivity contribution is -0.121. The van der Waals surface area contributed by atoms with Crippen molar-refractivity contribution in [2.24, 2.45) is 0 Å². The first kappa shape index (κ1) is 21.5. The van der Waals surface area contributed by atoms with Gasteiger partial charge in [0.2, 0.25) is 5.91 Å². The second-order valence-corrected chi connectivity index (χ2v) is 8.21. The quantitative estimate of drug-likeness (QED) is 0.563. The minimum absolute atomic E-state index is 0.0783. The third kappa shape index (κ3) is 5.14. The number of aryl methyl sites for hydroxylation is 1. The molecule has 2 heterocycles. The molecule has 1 saturated heterocycles. The van der Waals surface area contributed by atoms with Gasteiger partial charge in [-0.25, -0.2) is 9.37 Å². The van der Waals surface area contributed by atoms with Gasteiger partial charge >= 0.3 is 0 Å². The van der Waals surface area contributed by atoms with Gasteiger partial charge in [0.15, 0.2) is 11.7 Å². The van der Waals surface area contributed by atoms with Crippen LogP contribution in [0.5, 0.6) is 0 Å². The van der Waals surface area contributed by atoms with Gasteiger partial charge in [0.1, 0.15) is 5.82 Å². The van der Waals surface area contributed by atoms with Gasteiger partial charge in [-0.1, -0.05) is 35.9 Å².